The minimum absolute atomic E-state index is 0.662. The van der Waals surface area contributed by atoms with E-state index in [0.717, 1.165) is 50.2 Å². The Hall–Kier alpha value is -0.720. The van der Waals surface area contributed by atoms with Crippen molar-refractivity contribution in [3.8, 4) is 0 Å². The van der Waals surface area contributed by atoms with E-state index >= 15 is 0 Å². The highest BCUT2D eigenvalue weighted by atomic mass is 32.1. The summed E-state index contributed by atoms with van der Waals surface area (Å²) in [4.78, 5) is 7.00. The summed E-state index contributed by atoms with van der Waals surface area (Å²) in [7, 11) is 0. The van der Waals surface area contributed by atoms with Crippen LogP contribution in [0.1, 0.15) is 24.6 Å². The Kier molecular flexibility index (Phi) is 3.54. The highest BCUT2D eigenvalue weighted by Crippen LogP contribution is 2.39. The van der Waals surface area contributed by atoms with Gasteiger partial charge in [0.1, 0.15) is 5.82 Å². The molecule has 0 unspecified atom stereocenters. The highest BCUT2D eigenvalue weighted by Gasteiger charge is 2.27. The number of nitrogens with one attached hydrogen (secondary N) is 2. The zero-order chi connectivity index (χ0) is 11.5. The van der Waals surface area contributed by atoms with Gasteiger partial charge in [0, 0.05) is 56.7 Å². The average Bonchev–Trinajstić information content (AvgIpc) is 3.11. The zero-order valence-corrected chi connectivity index (χ0v) is 10.8. The maximum absolute atomic E-state index is 4.52. The molecule has 1 saturated carbocycles. The van der Waals surface area contributed by atoms with Gasteiger partial charge in [0.15, 0.2) is 0 Å². The maximum atomic E-state index is 4.52. The molecule has 2 fully saturated rings. The lowest BCUT2D eigenvalue weighted by molar-refractivity contribution is 0.249. The molecular formula is C11H19N5S. The van der Waals surface area contributed by atoms with Gasteiger partial charge in [-0.3, -0.25) is 4.90 Å². The summed E-state index contributed by atoms with van der Waals surface area (Å²) < 4.78 is 4.39. The van der Waals surface area contributed by atoms with Gasteiger partial charge in [0.2, 0.25) is 5.13 Å². The van der Waals surface area contributed by atoms with Gasteiger partial charge in [-0.25, -0.2) is 4.98 Å². The van der Waals surface area contributed by atoms with Crippen molar-refractivity contribution < 1.29 is 0 Å². The van der Waals surface area contributed by atoms with Crippen LogP contribution in [0, 0.1) is 0 Å². The molecule has 0 radical (unpaired) electrons. The topological polar surface area (TPSA) is 53.1 Å². The molecule has 1 saturated heterocycles. The lowest BCUT2D eigenvalue weighted by Gasteiger charge is -2.26. The Balaban J connectivity index is 1.40. The smallest absolute Gasteiger partial charge is 0.202 e. The van der Waals surface area contributed by atoms with Crippen LogP contribution >= 0.6 is 11.5 Å². The molecule has 2 heterocycles. The second kappa shape index (κ2) is 5.29. The number of hydrogen-bond acceptors (Lipinski definition) is 6. The Morgan fingerprint density at radius 3 is 2.94 bits per heavy atom. The Bertz CT molecular complexity index is 356. The second-order valence-corrected chi connectivity index (χ2v) is 5.50. The number of piperazine rings is 1. The van der Waals surface area contributed by atoms with Crippen LogP contribution in [-0.2, 0) is 0 Å². The van der Waals surface area contributed by atoms with Crippen LogP contribution in [0.5, 0.6) is 0 Å². The molecule has 94 valence electrons. The summed E-state index contributed by atoms with van der Waals surface area (Å²) in [6.07, 6.45) is 2.55. The first-order chi connectivity index (χ1) is 8.42. The SMILES string of the molecule is C1CN(CCNc2nc(C3CC3)ns2)CCN1. The van der Waals surface area contributed by atoms with Crippen molar-refractivity contribution in [2.45, 2.75) is 18.8 Å². The van der Waals surface area contributed by atoms with Gasteiger partial charge < -0.3 is 10.6 Å². The fraction of sp³-hybridized carbons (Fsp3) is 0.818. The van der Waals surface area contributed by atoms with Crippen molar-refractivity contribution in [1.29, 1.82) is 0 Å². The van der Waals surface area contributed by atoms with Crippen LogP contribution in [-0.4, -0.2) is 53.5 Å². The minimum atomic E-state index is 0.662. The molecule has 1 aromatic heterocycles. The van der Waals surface area contributed by atoms with Gasteiger partial charge in [-0.2, -0.15) is 4.37 Å². The van der Waals surface area contributed by atoms with Crippen molar-refractivity contribution in [2.24, 2.45) is 0 Å². The van der Waals surface area contributed by atoms with Crippen LogP contribution in [0.25, 0.3) is 0 Å². The summed E-state index contributed by atoms with van der Waals surface area (Å²) in [6.45, 7) is 6.62. The molecule has 0 spiro atoms. The van der Waals surface area contributed by atoms with Crippen LogP contribution in [0.3, 0.4) is 0 Å². The lowest BCUT2D eigenvalue weighted by Crippen LogP contribution is -2.45. The lowest BCUT2D eigenvalue weighted by atomic mass is 10.3. The predicted molar refractivity (Wildman–Crippen MR) is 69.7 cm³/mol. The highest BCUT2D eigenvalue weighted by molar-refractivity contribution is 7.09. The summed E-state index contributed by atoms with van der Waals surface area (Å²) in [5.74, 6) is 1.72. The van der Waals surface area contributed by atoms with Crippen LogP contribution in [0.2, 0.25) is 0 Å². The van der Waals surface area contributed by atoms with Gasteiger partial charge in [0.05, 0.1) is 0 Å². The molecular weight excluding hydrogens is 234 g/mol. The van der Waals surface area contributed by atoms with Crippen LogP contribution < -0.4 is 10.6 Å². The molecule has 17 heavy (non-hydrogen) atoms. The van der Waals surface area contributed by atoms with Crippen molar-refractivity contribution in [2.75, 3.05) is 44.6 Å². The molecule has 1 aliphatic carbocycles. The zero-order valence-electron chi connectivity index (χ0n) is 9.98. The second-order valence-electron chi connectivity index (χ2n) is 4.75. The van der Waals surface area contributed by atoms with E-state index in [4.69, 9.17) is 0 Å². The third-order valence-electron chi connectivity index (χ3n) is 3.30. The van der Waals surface area contributed by atoms with E-state index in [9.17, 15) is 0 Å². The molecule has 0 atom stereocenters. The molecule has 1 aliphatic heterocycles. The van der Waals surface area contributed by atoms with Crippen LogP contribution in [0.4, 0.5) is 5.13 Å². The molecule has 0 bridgehead atoms. The first-order valence-electron chi connectivity index (χ1n) is 6.42. The molecule has 1 aromatic rings. The van der Waals surface area contributed by atoms with Gasteiger partial charge in [0.25, 0.3) is 0 Å². The third kappa shape index (κ3) is 3.14. The number of rotatable bonds is 5. The molecule has 2 N–H and O–H groups in total. The van der Waals surface area contributed by atoms with E-state index in [1.165, 1.54) is 24.4 Å². The normalized spacial score (nSPS) is 21.6. The summed E-state index contributed by atoms with van der Waals surface area (Å²) in [5, 5.41) is 7.73. The molecule has 5 nitrogen and oxygen atoms in total. The largest absolute Gasteiger partial charge is 0.359 e. The predicted octanol–water partition coefficient (Wildman–Crippen LogP) is 0.733. The molecule has 6 heteroatoms. The number of anilines is 1. The van der Waals surface area contributed by atoms with E-state index in [1.807, 2.05) is 0 Å². The van der Waals surface area contributed by atoms with Gasteiger partial charge in [-0.1, -0.05) is 0 Å². The molecule has 3 rings (SSSR count). The Morgan fingerprint density at radius 2 is 2.18 bits per heavy atom. The van der Waals surface area contributed by atoms with Crippen molar-refractivity contribution in [3.63, 3.8) is 0 Å². The number of hydrogen-bond donors (Lipinski definition) is 2. The van der Waals surface area contributed by atoms with Gasteiger partial charge in [-0.15, -0.1) is 0 Å². The first kappa shape index (κ1) is 11.4. The van der Waals surface area contributed by atoms with Crippen molar-refractivity contribution >= 4 is 16.7 Å². The Labute approximate surface area is 106 Å². The number of aromatic nitrogens is 2. The fourth-order valence-electron chi connectivity index (χ4n) is 2.07. The quantitative estimate of drug-likeness (QED) is 0.810. The molecule has 2 aliphatic rings. The third-order valence-corrected chi connectivity index (χ3v) is 3.99. The van der Waals surface area contributed by atoms with Crippen molar-refractivity contribution in [3.05, 3.63) is 5.82 Å². The van der Waals surface area contributed by atoms with Crippen LogP contribution in [0.15, 0.2) is 0 Å². The number of nitrogens with zero attached hydrogens (tertiary/aromatic N) is 3. The van der Waals surface area contributed by atoms with Crippen molar-refractivity contribution in [1.82, 2.24) is 19.6 Å². The van der Waals surface area contributed by atoms with E-state index in [0.29, 0.717) is 5.92 Å². The first-order valence-corrected chi connectivity index (χ1v) is 7.20. The molecule has 0 amide bonds. The Morgan fingerprint density at radius 1 is 1.35 bits per heavy atom. The van der Waals surface area contributed by atoms with E-state index in [-0.39, 0.29) is 0 Å². The van der Waals surface area contributed by atoms with E-state index < -0.39 is 0 Å². The van der Waals surface area contributed by atoms with E-state index in [2.05, 4.69) is 24.9 Å². The van der Waals surface area contributed by atoms with Gasteiger partial charge >= 0.3 is 0 Å². The summed E-state index contributed by atoms with van der Waals surface area (Å²) in [5.41, 5.74) is 0. The summed E-state index contributed by atoms with van der Waals surface area (Å²) in [6, 6.07) is 0. The van der Waals surface area contributed by atoms with Gasteiger partial charge in [-0.05, 0) is 12.8 Å². The fourth-order valence-corrected chi connectivity index (χ4v) is 2.74. The van der Waals surface area contributed by atoms with E-state index in [1.54, 1.807) is 0 Å². The molecule has 0 aromatic carbocycles. The standard InChI is InChI=1S/C11H19N5S/c1-2-9(1)10-14-11(17-15-10)13-5-8-16-6-3-12-4-7-16/h9,12H,1-8H2,(H,13,14,15). The maximum Gasteiger partial charge on any atom is 0.202 e. The average molecular weight is 253 g/mol. The minimum Gasteiger partial charge on any atom is -0.359 e. The summed E-state index contributed by atoms with van der Waals surface area (Å²) >= 11 is 1.50. The monoisotopic (exact) mass is 253 g/mol.